The maximum atomic E-state index is 10.7. The summed E-state index contributed by atoms with van der Waals surface area (Å²) in [6.45, 7) is 10.5. The molecule has 6 rings (SSSR count). The van der Waals surface area contributed by atoms with Crippen molar-refractivity contribution in [1.29, 1.82) is 0 Å². The van der Waals surface area contributed by atoms with E-state index in [-0.39, 0.29) is 38.3 Å². The molecule has 0 spiro atoms. The summed E-state index contributed by atoms with van der Waals surface area (Å²) in [6.07, 6.45) is 0. The largest absolute Gasteiger partial charge is 0.513 e. The van der Waals surface area contributed by atoms with Gasteiger partial charge >= 0.3 is 16.8 Å². The minimum Gasteiger partial charge on any atom is -0.513 e. The van der Waals surface area contributed by atoms with Gasteiger partial charge in [-0.15, -0.1) is 12.4 Å². The van der Waals surface area contributed by atoms with E-state index in [1.54, 1.807) is 0 Å². The molecule has 284 valence electrons. The van der Waals surface area contributed by atoms with Gasteiger partial charge in [0.1, 0.15) is 0 Å². The zero-order valence-corrected chi connectivity index (χ0v) is 34.3. The predicted octanol–water partition coefficient (Wildman–Crippen LogP) is 8.21. The molecule has 0 saturated carbocycles. The van der Waals surface area contributed by atoms with Gasteiger partial charge in [-0.25, -0.2) is 8.42 Å². The summed E-state index contributed by atoms with van der Waals surface area (Å²) >= 11 is 0. The second kappa shape index (κ2) is 26.8. The van der Waals surface area contributed by atoms with E-state index < -0.39 is 31.5 Å². The van der Waals surface area contributed by atoms with Crippen molar-refractivity contribution < 1.29 is 56.0 Å². The molecule has 6 aromatic carbocycles. The van der Waals surface area contributed by atoms with Gasteiger partial charge in [0, 0.05) is 27.0 Å². The van der Waals surface area contributed by atoms with E-state index in [0.29, 0.717) is 0 Å². The van der Waals surface area contributed by atoms with E-state index in [9.17, 15) is 13.2 Å². The Kier molecular flexibility index (Phi) is 24.9. The first kappa shape index (κ1) is 50.1. The summed E-state index contributed by atoms with van der Waals surface area (Å²) in [6, 6.07) is 64.7. The van der Waals surface area contributed by atoms with Crippen molar-refractivity contribution in [2.45, 2.75) is 5.51 Å². The number of hydrogen-bond donors (Lipinski definition) is 1. The molecule has 0 aliphatic heterocycles. The molecule has 0 saturated heterocycles. The van der Waals surface area contributed by atoms with Gasteiger partial charge in [0.15, 0.2) is 10.1 Å². The Balaban J connectivity index is 0.000000759. The average Bonchev–Trinajstić information content (AvgIpc) is 3.15. The average molecular weight is 987 g/mol. The zero-order chi connectivity index (χ0) is 38.4. The van der Waals surface area contributed by atoms with Crippen LogP contribution in [0.4, 0.5) is 13.2 Å². The summed E-state index contributed by atoms with van der Waals surface area (Å²) in [5.74, 6) is -0.0833. The van der Waals surface area contributed by atoms with E-state index in [2.05, 4.69) is 202 Å². The monoisotopic (exact) mass is 987 g/mol. The van der Waals surface area contributed by atoms with E-state index in [0.717, 1.165) is 0 Å². The van der Waals surface area contributed by atoms with Crippen LogP contribution in [-0.4, -0.2) is 23.6 Å². The molecule has 0 aromatic heterocycles. The summed E-state index contributed by atoms with van der Waals surface area (Å²) in [5.41, 5.74) is -5.65. The Hall–Kier alpha value is -3.90. The molecule has 0 bridgehead atoms. The molecule has 0 heterocycles. The summed E-state index contributed by atoms with van der Waals surface area (Å²) in [7, 11) is -6.98. The topological polar surface area (TPSA) is 97.3 Å². The Bertz CT molecular complexity index is 1690. The van der Waals surface area contributed by atoms with Crippen LogP contribution < -0.4 is 31.8 Å². The molecule has 0 atom stereocenters. The van der Waals surface area contributed by atoms with Gasteiger partial charge in [0.2, 0.25) is 0 Å². The van der Waals surface area contributed by atoms with Crippen LogP contribution >= 0.6 is 28.3 Å². The number of aliphatic hydroxyl groups excluding tert-OH is 1. The third-order valence-electron chi connectivity index (χ3n) is 6.37. The number of aliphatic hydroxyl groups is 1. The first-order valence-electron chi connectivity index (χ1n) is 15.2. The number of benzene rings is 6. The molecule has 1 N–H and O–H groups in total. The molecule has 0 aliphatic rings. The van der Waals surface area contributed by atoms with Gasteiger partial charge in [0.25, 0.3) is 0 Å². The van der Waals surface area contributed by atoms with Gasteiger partial charge in [-0.3, -0.25) is 0 Å². The Morgan fingerprint density at radius 2 is 0.648 bits per heavy atom. The number of rotatable bonds is 6. The quantitative estimate of drug-likeness (QED) is 0.0455. The maximum Gasteiger partial charge on any atom is 0.0855 e. The molecular formula is C41H36ClF3IrO5P2S-. The fourth-order valence-corrected chi connectivity index (χ4v) is 8.97. The third kappa shape index (κ3) is 18.0. The van der Waals surface area contributed by atoms with Gasteiger partial charge < -0.3 is 9.66 Å². The van der Waals surface area contributed by atoms with Crippen LogP contribution in [0.1, 0.15) is 0 Å². The van der Waals surface area contributed by atoms with Crippen LogP contribution in [-0.2, 0) is 34.9 Å². The molecule has 5 nitrogen and oxygen atoms in total. The van der Waals surface area contributed by atoms with Crippen LogP contribution in [0.2, 0.25) is 0 Å². The van der Waals surface area contributed by atoms with Crippen LogP contribution in [0.25, 0.3) is 0 Å². The Labute approximate surface area is 337 Å². The normalized spacial score (nSPS) is 10.0. The van der Waals surface area contributed by atoms with Crippen molar-refractivity contribution in [3.05, 3.63) is 208 Å². The standard InChI is InChI=1S/2C18H15P.C3H5O.CHF3O3S.CO.ClH.Ir/c2*1-4-10-16(11-5-1)19(17-12-6-2-7-13-17)18-14-8-3-9-15-18;1-3(2)4;2-1(3,4)8(5,6)7;1-2;;/h2*1-15H;4H,1-2H2;(H,5,6,7);;1H;/p-1. The smallest absolute Gasteiger partial charge is 0.0855 e. The second-order valence-corrected chi connectivity index (χ2v) is 16.0. The fourth-order valence-electron chi connectivity index (χ4n) is 4.36. The van der Waals surface area contributed by atoms with E-state index in [1.807, 2.05) is 0 Å². The number of hydrogen-bond acceptors (Lipinski definition) is 4. The van der Waals surface area contributed by atoms with Gasteiger partial charge in [-0.1, -0.05) is 189 Å². The zero-order valence-electron chi connectivity index (χ0n) is 28.5. The van der Waals surface area contributed by atoms with Crippen LogP contribution in [0.3, 0.4) is 0 Å². The van der Waals surface area contributed by atoms with Crippen molar-refractivity contribution in [2.75, 3.05) is 0 Å². The first-order valence-corrected chi connectivity index (χ1v) is 19.3. The molecule has 0 aliphatic carbocycles. The molecule has 0 fully saturated rings. The third-order valence-corrected chi connectivity index (χ3v) is 11.8. The minimum atomic E-state index is -6.09. The van der Waals surface area contributed by atoms with Gasteiger partial charge in [-0.05, 0) is 47.7 Å². The van der Waals surface area contributed by atoms with Crippen LogP contribution in [0, 0.1) is 13.6 Å². The number of halogens is 4. The molecular weight excluding hydrogens is 951 g/mol. The number of allylic oxidation sites excluding steroid dienone is 1. The van der Waals surface area contributed by atoms with E-state index in [1.165, 1.54) is 31.8 Å². The Morgan fingerprint density at radius 3 is 0.741 bits per heavy atom. The predicted molar refractivity (Wildman–Crippen MR) is 214 cm³/mol. The first-order chi connectivity index (χ1) is 24.9. The summed E-state index contributed by atoms with van der Waals surface area (Å²) < 4.78 is 66.4. The van der Waals surface area contributed by atoms with Crippen molar-refractivity contribution in [2.24, 2.45) is 0 Å². The number of alkyl halides is 3. The molecule has 0 amide bonds. The van der Waals surface area contributed by atoms with Crippen LogP contribution in [0.5, 0.6) is 0 Å². The van der Waals surface area contributed by atoms with Gasteiger partial charge in [-0.2, -0.15) is 13.2 Å². The van der Waals surface area contributed by atoms with Crippen LogP contribution in [0.15, 0.2) is 194 Å². The minimum absolute atomic E-state index is 0. The van der Waals surface area contributed by atoms with E-state index >= 15 is 0 Å². The van der Waals surface area contributed by atoms with E-state index in [4.69, 9.17) is 22.7 Å². The second-order valence-electron chi connectivity index (χ2n) is 10.2. The Morgan fingerprint density at radius 1 is 0.537 bits per heavy atom. The van der Waals surface area contributed by atoms with Crippen molar-refractivity contribution in [3.63, 3.8) is 0 Å². The summed E-state index contributed by atoms with van der Waals surface area (Å²) in [5, 5.41) is 16.1. The molecule has 2 radical (unpaired) electrons. The SMILES string of the molecule is Cl.O=S(=O)([O-])C(F)(F)F.[C-]#[O+].[CH2]C(=C)O.[Ir].c1ccc(P(c2ccccc2)c2ccccc2)cc1.c1ccc(P(c2ccccc2)c2ccccc2)cc1. The maximum absolute atomic E-state index is 10.7. The fraction of sp³-hybridized carbons (Fsp3) is 0.0244. The van der Waals surface area contributed by atoms with Crippen molar-refractivity contribution >= 4 is 70.2 Å². The molecule has 6 aromatic rings. The van der Waals surface area contributed by atoms with Gasteiger partial charge in [0.05, 0.1) is 5.76 Å². The molecule has 13 heteroatoms. The van der Waals surface area contributed by atoms with Crippen molar-refractivity contribution in [3.8, 4) is 0 Å². The molecule has 0 unspecified atom stereocenters. The summed E-state index contributed by atoms with van der Waals surface area (Å²) in [4.78, 5) is 0. The van der Waals surface area contributed by atoms with Crippen molar-refractivity contribution in [1.82, 2.24) is 0 Å². The molecule has 54 heavy (non-hydrogen) atoms.